The zero-order valence-electron chi connectivity index (χ0n) is 13.9. The number of thiazole rings is 1. The fraction of sp³-hybridized carbons (Fsp3) is 0.375. The third kappa shape index (κ3) is 5.66. The number of aromatic nitrogens is 1. The largest absolute Gasteiger partial charge is 0.325 e. The second-order valence-corrected chi connectivity index (χ2v) is 9.23. The molecule has 1 atom stereocenters. The van der Waals surface area contributed by atoms with Crippen molar-refractivity contribution in [3.05, 3.63) is 45.9 Å². The molecule has 0 fully saturated rings. The van der Waals surface area contributed by atoms with Crippen LogP contribution in [0.1, 0.15) is 41.8 Å². The molecule has 1 aromatic heterocycles. The van der Waals surface area contributed by atoms with Gasteiger partial charge in [0, 0.05) is 38.9 Å². The summed E-state index contributed by atoms with van der Waals surface area (Å²) < 4.78 is 12.0. The van der Waals surface area contributed by atoms with Crippen molar-refractivity contribution in [1.82, 2.24) is 4.98 Å². The number of amides is 1. The van der Waals surface area contributed by atoms with Crippen molar-refractivity contribution in [2.75, 3.05) is 5.32 Å². The molecule has 1 amide bonds. The predicted octanol–water partition coefficient (Wildman–Crippen LogP) is 3.32. The molecule has 0 spiro atoms. The first-order chi connectivity index (χ1) is 10.8. The normalized spacial score (nSPS) is 12.3. The third-order valence-corrected chi connectivity index (χ3v) is 5.96. The van der Waals surface area contributed by atoms with E-state index in [-0.39, 0.29) is 23.1 Å². The monoisotopic (exact) mass is 387 g/mol. The lowest BCUT2D eigenvalue weighted by Gasteiger charge is -2.17. The van der Waals surface area contributed by atoms with Gasteiger partial charge in [-0.25, -0.2) is 4.98 Å². The molecular formula is C16H22ClN3O2S2. The number of hydrogen-bond donors (Lipinski definition) is 2. The van der Waals surface area contributed by atoms with Crippen LogP contribution in [-0.4, -0.2) is 19.8 Å². The van der Waals surface area contributed by atoms with E-state index in [4.69, 9.17) is 5.73 Å². The van der Waals surface area contributed by atoms with E-state index in [1.54, 1.807) is 11.4 Å². The van der Waals surface area contributed by atoms with Crippen LogP contribution in [0.15, 0.2) is 29.6 Å². The van der Waals surface area contributed by atoms with Gasteiger partial charge in [-0.1, -0.05) is 12.1 Å². The molecule has 132 valence electrons. The van der Waals surface area contributed by atoms with Crippen LogP contribution in [0.5, 0.6) is 0 Å². The van der Waals surface area contributed by atoms with Crippen molar-refractivity contribution < 1.29 is 9.00 Å². The minimum atomic E-state index is -0.980. The van der Waals surface area contributed by atoms with E-state index < -0.39 is 10.8 Å². The van der Waals surface area contributed by atoms with E-state index >= 15 is 0 Å². The van der Waals surface area contributed by atoms with Gasteiger partial charge in [0.2, 0.25) is 0 Å². The minimum Gasteiger partial charge on any atom is -0.325 e. The lowest BCUT2D eigenvalue weighted by atomic mass is 10.2. The molecule has 2 aromatic rings. The van der Waals surface area contributed by atoms with Crippen LogP contribution < -0.4 is 11.1 Å². The highest BCUT2D eigenvalue weighted by Gasteiger charge is 2.19. The van der Waals surface area contributed by atoms with Gasteiger partial charge in [0.1, 0.15) is 10.7 Å². The average Bonchev–Trinajstić information content (AvgIpc) is 2.95. The molecule has 0 bridgehead atoms. The van der Waals surface area contributed by atoms with E-state index in [2.05, 4.69) is 10.3 Å². The maximum Gasteiger partial charge on any atom is 0.275 e. The fourth-order valence-corrected chi connectivity index (χ4v) is 3.38. The van der Waals surface area contributed by atoms with Gasteiger partial charge in [0.25, 0.3) is 5.91 Å². The Morgan fingerprint density at radius 2 is 2.08 bits per heavy atom. The summed E-state index contributed by atoms with van der Waals surface area (Å²) in [5.41, 5.74) is 7.46. The fourth-order valence-electron chi connectivity index (χ4n) is 1.81. The summed E-state index contributed by atoms with van der Waals surface area (Å²) in [7, 11) is -0.980. The van der Waals surface area contributed by atoms with Crippen molar-refractivity contribution in [1.29, 1.82) is 0 Å². The molecule has 3 N–H and O–H groups in total. The van der Waals surface area contributed by atoms with Crippen molar-refractivity contribution in [2.45, 2.75) is 37.8 Å². The lowest BCUT2D eigenvalue weighted by molar-refractivity contribution is 0.102. The average molecular weight is 388 g/mol. The summed E-state index contributed by atoms with van der Waals surface area (Å²) in [4.78, 5) is 16.3. The van der Waals surface area contributed by atoms with Gasteiger partial charge < -0.3 is 11.1 Å². The van der Waals surface area contributed by atoms with Gasteiger partial charge >= 0.3 is 0 Å². The predicted molar refractivity (Wildman–Crippen MR) is 103 cm³/mol. The maximum absolute atomic E-state index is 12.2. The molecule has 0 saturated heterocycles. The number of carbonyl (C=O) groups is 1. The molecule has 0 radical (unpaired) electrons. The molecule has 1 unspecified atom stereocenters. The standard InChI is InChI=1S/C16H21N3O2S2.ClH/c1-16(2,3)23(21)10-11-5-4-6-12(7-11)18-15(20)13-9-22-14(8-17)19-13;/h4-7,9H,8,10,17H2,1-3H3,(H,18,20);1H. The number of rotatable bonds is 5. The van der Waals surface area contributed by atoms with Crippen LogP contribution >= 0.6 is 23.7 Å². The number of benzene rings is 1. The molecule has 0 aliphatic rings. The van der Waals surface area contributed by atoms with Crippen molar-refractivity contribution in [3.63, 3.8) is 0 Å². The quantitative estimate of drug-likeness (QED) is 0.824. The third-order valence-electron chi connectivity index (χ3n) is 3.12. The number of hydrogen-bond acceptors (Lipinski definition) is 5. The molecule has 8 heteroatoms. The summed E-state index contributed by atoms with van der Waals surface area (Å²) in [5.74, 6) is 0.191. The summed E-state index contributed by atoms with van der Waals surface area (Å²) in [5, 5.41) is 5.23. The van der Waals surface area contributed by atoms with Gasteiger partial charge in [-0.15, -0.1) is 23.7 Å². The Bertz CT molecular complexity index is 726. The Kier molecular flexibility index (Phi) is 7.54. The number of nitrogens with one attached hydrogen (secondary N) is 1. The van der Waals surface area contributed by atoms with E-state index in [1.165, 1.54) is 11.3 Å². The van der Waals surface area contributed by atoms with E-state index in [0.717, 1.165) is 10.6 Å². The number of halogens is 1. The second-order valence-electron chi connectivity index (χ2n) is 6.09. The zero-order chi connectivity index (χ0) is 17.0. The van der Waals surface area contributed by atoms with Crippen LogP contribution in [0.3, 0.4) is 0 Å². The second kappa shape index (κ2) is 8.71. The Balaban J connectivity index is 0.00000288. The minimum absolute atomic E-state index is 0. The highest BCUT2D eigenvalue weighted by Crippen LogP contribution is 2.19. The van der Waals surface area contributed by atoms with Crippen LogP contribution in [0.4, 0.5) is 5.69 Å². The van der Waals surface area contributed by atoms with E-state index in [9.17, 15) is 9.00 Å². The number of anilines is 1. The highest BCUT2D eigenvalue weighted by molar-refractivity contribution is 7.85. The van der Waals surface area contributed by atoms with Gasteiger partial charge in [0.05, 0.1) is 0 Å². The first kappa shape index (κ1) is 20.8. The summed E-state index contributed by atoms with van der Waals surface area (Å²) in [6.45, 7) is 6.18. The SMILES string of the molecule is CC(C)(C)S(=O)Cc1cccc(NC(=O)c2csc(CN)n2)c1.Cl. The molecule has 0 aliphatic carbocycles. The van der Waals surface area contributed by atoms with Crippen molar-refractivity contribution in [2.24, 2.45) is 5.73 Å². The number of carbonyl (C=O) groups excluding carboxylic acids is 1. The van der Waals surface area contributed by atoms with Crippen LogP contribution in [0.25, 0.3) is 0 Å². The molecular weight excluding hydrogens is 366 g/mol. The molecule has 1 aromatic carbocycles. The molecule has 2 rings (SSSR count). The van der Waals surface area contributed by atoms with Crippen molar-refractivity contribution >= 4 is 46.1 Å². The number of nitrogens with zero attached hydrogens (tertiary/aromatic N) is 1. The maximum atomic E-state index is 12.2. The van der Waals surface area contributed by atoms with E-state index in [0.29, 0.717) is 23.7 Å². The summed E-state index contributed by atoms with van der Waals surface area (Å²) >= 11 is 1.37. The van der Waals surface area contributed by atoms with Gasteiger partial charge in [0.15, 0.2) is 0 Å². The van der Waals surface area contributed by atoms with Gasteiger partial charge in [-0.2, -0.15) is 0 Å². The lowest BCUT2D eigenvalue weighted by Crippen LogP contribution is -2.23. The smallest absolute Gasteiger partial charge is 0.275 e. The van der Waals surface area contributed by atoms with Crippen molar-refractivity contribution in [3.8, 4) is 0 Å². The van der Waals surface area contributed by atoms with Crippen LogP contribution in [0.2, 0.25) is 0 Å². The number of nitrogens with two attached hydrogens (primary N) is 1. The Hall–Kier alpha value is -1.28. The summed E-state index contributed by atoms with van der Waals surface area (Å²) in [6.07, 6.45) is 0. The highest BCUT2D eigenvalue weighted by atomic mass is 35.5. The van der Waals surface area contributed by atoms with Gasteiger partial charge in [-0.3, -0.25) is 9.00 Å². The Morgan fingerprint density at radius 3 is 2.67 bits per heavy atom. The first-order valence-corrected chi connectivity index (χ1v) is 9.42. The Morgan fingerprint density at radius 1 is 1.38 bits per heavy atom. The molecule has 24 heavy (non-hydrogen) atoms. The topological polar surface area (TPSA) is 85.1 Å². The van der Waals surface area contributed by atoms with Crippen LogP contribution in [0, 0.1) is 0 Å². The first-order valence-electron chi connectivity index (χ1n) is 7.23. The molecule has 0 saturated carbocycles. The van der Waals surface area contributed by atoms with Crippen LogP contribution in [-0.2, 0) is 23.1 Å². The molecule has 5 nitrogen and oxygen atoms in total. The molecule has 1 heterocycles. The van der Waals surface area contributed by atoms with E-state index in [1.807, 2.05) is 39.0 Å². The summed E-state index contributed by atoms with van der Waals surface area (Å²) in [6, 6.07) is 7.40. The Labute approximate surface area is 154 Å². The zero-order valence-corrected chi connectivity index (χ0v) is 16.3. The van der Waals surface area contributed by atoms with Gasteiger partial charge in [-0.05, 0) is 38.5 Å². The molecule has 0 aliphatic heterocycles.